The molecule has 0 aliphatic carbocycles. The molecule has 2 aromatic carbocycles. The van der Waals surface area contributed by atoms with Crippen LogP contribution in [0.4, 0.5) is 0 Å². The first-order chi connectivity index (χ1) is 11.9. The molecule has 0 bridgehead atoms. The van der Waals surface area contributed by atoms with E-state index in [-0.39, 0.29) is 0 Å². The van der Waals surface area contributed by atoms with Crippen molar-refractivity contribution in [1.82, 2.24) is 10.9 Å². The summed E-state index contributed by atoms with van der Waals surface area (Å²) in [6.07, 6.45) is 0. The first-order valence-corrected chi connectivity index (χ1v) is 7.77. The number of ether oxygens (including phenoxy) is 1. The van der Waals surface area contributed by atoms with Crippen molar-refractivity contribution in [1.29, 1.82) is 0 Å². The molecule has 2 aromatic rings. The van der Waals surface area contributed by atoms with Crippen molar-refractivity contribution < 1.29 is 19.1 Å². The van der Waals surface area contributed by atoms with Crippen LogP contribution < -0.4 is 10.9 Å². The molecule has 2 amide bonds. The topological polar surface area (TPSA) is 84.5 Å². The molecule has 0 atom stereocenters. The van der Waals surface area contributed by atoms with Crippen molar-refractivity contribution >= 4 is 17.8 Å². The summed E-state index contributed by atoms with van der Waals surface area (Å²) in [5.74, 6) is -1.65. The summed E-state index contributed by atoms with van der Waals surface area (Å²) in [7, 11) is 0. The molecule has 2 rings (SSSR count). The molecule has 0 fully saturated rings. The molecule has 0 radical (unpaired) electrons. The SMILES string of the molecule is Cc1cc(C)c(C(=O)OCC(=O)NNC(=O)c2ccccc2)c(C)c1. The number of hydrogen-bond acceptors (Lipinski definition) is 4. The molecule has 0 heterocycles. The van der Waals surface area contributed by atoms with Gasteiger partial charge in [0.25, 0.3) is 11.8 Å². The zero-order chi connectivity index (χ0) is 18.4. The molecule has 0 unspecified atom stereocenters. The second-order valence-electron chi connectivity index (χ2n) is 5.72. The molecular weight excluding hydrogens is 320 g/mol. The van der Waals surface area contributed by atoms with Crippen molar-refractivity contribution in [2.75, 3.05) is 6.61 Å². The van der Waals surface area contributed by atoms with E-state index in [9.17, 15) is 14.4 Å². The van der Waals surface area contributed by atoms with Crippen LogP contribution in [0, 0.1) is 20.8 Å². The average Bonchev–Trinajstić information content (AvgIpc) is 2.57. The minimum Gasteiger partial charge on any atom is -0.452 e. The summed E-state index contributed by atoms with van der Waals surface area (Å²) in [5.41, 5.74) is 7.96. The second kappa shape index (κ2) is 8.10. The van der Waals surface area contributed by atoms with E-state index in [1.807, 2.05) is 32.9 Å². The van der Waals surface area contributed by atoms with Crippen LogP contribution in [0.2, 0.25) is 0 Å². The van der Waals surface area contributed by atoms with Gasteiger partial charge in [0.15, 0.2) is 6.61 Å². The fourth-order valence-electron chi connectivity index (χ4n) is 2.53. The van der Waals surface area contributed by atoms with E-state index in [1.165, 1.54) is 0 Å². The maximum absolute atomic E-state index is 12.2. The van der Waals surface area contributed by atoms with Gasteiger partial charge in [0.1, 0.15) is 0 Å². The third-order valence-corrected chi connectivity index (χ3v) is 3.57. The molecule has 130 valence electrons. The average molecular weight is 340 g/mol. The predicted molar refractivity (Wildman–Crippen MR) is 93.0 cm³/mol. The highest BCUT2D eigenvalue weighted by molar-refractivity contribution is 5.96. The quantitative estimate of drug-likeness (QED) is 0.660. The van der Waals surface area contributed by atoms with Crippen molar-refractivity contribution in [3.05, 3.63) is 70.3 Å². The summed E-state index contributed by atoms with van der Waals surface area (Å²) in [6, 6.07) is 12.2. The molecule has 0 aromatic heterocycles. The van der Waals surface area contributed by atoms with Gasteiger partial charge in [0.05, 0.1) is 5.56 Å². The smallest absolute Gasteiger partial charge is 0.339 e. The number of nitrogens with one attached hydrogen (secondary N) is 2. The highest BCUT2D eigenvalue weighted by atomic mass is 16.5. The maximum Gasteiger partial charge on any atom is 0.339 e. The largest absolute Gasteiger partial charge is 0.452 e. The predicted octanol–water partition coefficient (Wildman–Crippen LogP) is 2.23. The maximum atomic E-state index is 12.2. The second-order valence-corrected chi connectivity index (χ2v) is 5.72. The first-order valence-electron chi connectivity index (χ1n) is 7.77. The summed E-state index contributed by atoms with van der Waals surface area (Å²) in [6.45, 7) is 5.09. The standard InChI is InChI=1S/C19H20N2O4/c1-12-9-13(2)17(14(3)10-12)19(24)25-11-16(22)20-21-18(23)15-7-5-4-6-8-15/h4-10H,11H2,1-3H3,(H,20,22)(H,21,23). The molecule has 25 heavy (non-hydrogen) atoms. The van der Waals surface area contributed by atoms with Crippen molar-refractivity contribution in [2.45, 2.75) is 20.8 Å². The number of amides is 2. The van der Waals surface area contributed by atoms with Gasteiger partial charge in [-0.15, -0.1) is 0 Å². The Labute approximate surface area is 146 Å². The Hall–Kier alpha value is -3.15. The minimum absolute atomic E-state index is 0.408. The number of aryl methyl sites for hydroxylation is 3. The van der Waals surface area contributed by atoms with E-state index < -0.39 is 24.4 Å². The number of carbonyl (C=O) groups excluding carboxylic acids is 3. The normalized spacial score (nSPS) is 10.0. The Morgan fingerprint density at radius 3 is 2.12 bits per heavy atom. The fourth-order valence-corrected chi connectivity index (χ4v) is 2.53. The first kappa shape index (κ1) is 18.2. The minimum atomic E-state index is -0.625. The molecule has 6 nitrogen and oxygen atoms in total. The summed E-state index contributed by atoms with van der Waals surface area (Å²) >= 11 is 0. The lowest BCUT2D eigenvalue weighted by molar-refractivity contribution is -0.125. The van der Waals surface area contributed by atoms with Crippen molar-refractivity contribution in [3.8, 4) is 0 Å². The lowest BCUT2D eigenvalue weighted by Gasteiger charge is -2.11. The lowest BCUT2D eigenvalue weighted by Crippen LogP contribution is -2.43. The Kier molecular flexibility index (Phi) is 5.89. The lowest BCUT2D eigenvalue weighted by atomic mass is 10.00. The monoisotopic (exact) mass is 340 g/mol. The van der Waals surface area contributed by atoms with Gasteiger partial charge in [-0.05, 0) is 44.0 Å². The van der Waals surface area contributed by atoms with Gasteiger partial charge in [-0.1, -0.05) is 35.9 Å². The van der Waals surface area contributed by atoms with Crippen LogP contribution in [-0.2, 0) is 9.53 Å². The molecule has 0 aliphatic rings. The van der Waals surface area contributed by atoms with Crippen LogP contribution in [0.3, 0.4) is 0 Å². The summed E-state index contributed by atoms with van der Waals surface area (Å²) in [5, 5.41) is 0. The van der Waals surface area contributed by atoms with Crippen LogP contribution in [0.1, 0.15) is 37.4 Å². The van der Waals surface area contributed by atoms with E-state index in [1.54, 1.807) is 30.3 Å². The van der Waals surface area contributed by atoms with Crippen molar-refractivity contribution in [2.24, 2.45) is 0 Å². The van der Waals surface area contributed by atoms with E-state index in [4.69, 9.17) is 4.74 Å². The van der Waals surface area contributed by atoms with E-state index in [2.05, 4.69) is 10.9 Å². The van der Waals surface area contributed by atoms with Gasteiger partial charge >= 0.3 is 5.97 Å². The summed E-state index contributed by atoms with van der Waals surface area (Å²) < 4.78 is 5.03. The van der Waals surface area contributed by atoms with Crippen LogP contribution in [-0.4, -0.2) is 24.4 Å². The zero-order valence-corrected chi connectivity index (χ0v) is 14.4. The number of hydrogen-bond donors (Lipinski definition) is 2. The zero-order valence-electron chi connectivity index (χ0n) is 14.4. The van der Waals surface area contributed by atoms with E-state index in [0.717, 1.165) is 16.7 Å². The van der Waals surface area contributed by atoms with Crippen molar-refractivity contribution in [3.63, 3.8) is 0 Å². The Balaban J connectivity index is 1.86. The number of hydrazine groups is 1. The van der Waals surface area contributed by atoms with Gasteiger partial charge in [0.2, 0.25) is 0 Å². The molecule has 0 saturated carbocycles. The Morgan fingerprint density at radius 2 is 1.52 bits per heavy atom. The van der Waals surface area contributed by atoms with Gasteiger partial charge < -0.3 is 4.74 Å². The Bertz CT molecular complexity index is 777. The third-order valence-electron chi connectivity index (χ3n) is 3.57. The van der Waals surface area contributed by atoms with E-state index in [0.29, 0.717) is 11.1 Å². The third kappa shape index (κ3) is 4.91. The number of benzene rings is 2. The van der Waals surface area contributed by atoms with Gasteiger partial charge in [-0.3, -0.25) is 20.4 Å². The van der Waals surface area contributed by atoms with Crippen LogP contribution in [0.5, 0.6) is 0 Å². The number of rotatable bonds is 4. The van der Waals surface area contributed by atoms with Crippen LogP contribution in [0.25, 0.3) is 0 Å². The molecule has 0 saturated heterocycles. The molecule has 6 heteroatoms. The van der Waals surface area contributed by atoms with Gasteiger partial charge in [-0.25, -0.2) is 4.79 Å². The molecule has 0 spiro atoms. The van der Waals surface area contributed by atoms with Gasteiger partial charge in [0, 0.05) is 5.56 Å². The highest BCUT2D eigenvalue weighted by Crippen LogP contribution is 2.17. The Morgan fingerprint density at radius 1 is 0.920 bits per heavy atom. The van der Waals surface area contributed by atoms with Crippen LogP contribution >= 0.6 is 0 Å². The number of esters is 1. The summed E-state index contributed by atoms with van der Waals surface area (Å²) in [4.78, 5) is 35.7. The van der Waals surface area contributed by atoms with Crippen LogP contribution in [0.15, 0.2) is 42.5 Å². The molecule has 2 N–H and O–H groups in total. The molecular formula is C19H20N2O4. The fraction of sp³-hybridized carbons (Fsp3) is 0.211. The number of carbonyl (C=O) groups is 3. The molecule has 0 aliphatic heterocycles. The van der Waals surface area contributed by atoms with Gasteiger partial charge in [-0.2, -0.15) is 0 Å². The van der Waals surface area contributed by atoms with E-state index >= 15 is 0 Å². The highest BCUT2D eigenvalue weighted by Gasteiger charge is 2.16.